The number of rotatable bonds is 7. The Kier molecular flexibility index (Phi) is 7.41. The number of hydrogen-bond donors (Lipinski definition) is 2. The number of anilines is 2. The summed E-state index contributed by atoms with van der Waals surface area (Å²) in [7, 11) is 5.56. The van der Waals surface area contributed by atoms with Crippen molar-refractivity contribution in [1.29, 1.82) is 0 Å². The maximum absolute atomic E-state index is 11.9. The molecule has 0 fully saturated rings. The van der Waals surface area contributed by atoms with Crippen LogP contribution in [0, 0.1) is 0 Å². The van der Waals surface area contributed by atoms with Crippen molar-refractivity contribution >= 4 is 34.6 Å². The number of carbonyl (C=O) groups is 1. The number of carbonyl (C=O) groups excluding carboxylic acids is 1. The quantitative estimate of drug-likeness (QED) is 0.579. The van der Waals surface area contributed by atoms with Gasteiger partial charge in [0.2, 0.25) is 0 Å². The smallest absolute Gasteiger partial charge is 0.253 e. The highest BCUT2D eigenvalue weighted by molar-refractivity contribution is 7.80. The van der Waals surface area contributed by atoms with Gasteiger partial charge in [0.05, 0.1) is 0 Å². The molecule has 2 rings (SSSR count). The summed E-state index contributed by atoms with van der Waals surface area (Å²) in [5.41, 5.74) is 2.73. The summed E-state index contributed by atoms with van der Waals surface area (Å²) >= 11 is 5.32. The van der Waals surface area contributed by atoms with Crippen molar-refractivity contribution in [3.05, 3.63) is 60.2 Å². The van der Waals surface area contributed by atoms with E-state index in [1.807, 2.05) is 30.3 Å². The number of hydrogen-bond acceptors (Lipinski definition) is 3. The summed E-state index contributed by atoms with van der Waals surface area (Å²) in [5.74, 6) is -0.0141. The van der Waals surface area contributed by atoms with E-state index in [0.29, 0.717) is 10.7 Å². The second-order valence-electron chi connectivity index (χ2n) is 6.27. The molecule has 0 spiro atoms. The van der Waals surface area contributed by atoms with Gasteiger partial charge in [0, 0.05) is 51.2 Å². The van der Waals surface area contributed by atoms with Gasteiger partial charge in [-0.1, -0.05) is 18.2 Å². The fourth-order valence-electron chi connectivity index (χ4n) is 2.46. The number of para-hydroxylation sites is 1. The number of amides is 1. The summed E-state index contributed by atoms with van der Waals surface area (Å²) in [6.45, 7) is 1.74. The van der Waals surface area contributed by atoms with Gasteiger partial charge in [-0.25, -0.2) is 0 Å². The van der Waals surface area contributed by atoms with Gasteiger partial charge in [0.1, 0.15) is 0 Å². The van der Waals surface area contributed by atoms with Gasteiger partial charge < -0.3 is 20.4 Å². The van der Waals surface area contributed by atoms with Crippen LogP contribution in [0.25, 0.3) is 0 Å². The van der Waals surface area contributed by atoms with Crippen LogP contribution in [0.4, 0.5) is 11.4 Å². The predicted octanol–water partition coefficient (Wildman–Crippen LogP) is 3.20. The van der Waals surface area contributed by atoms with E-state index >= 15 is 0 Å². The topological polar surface area (TPSA) is 47.6 Å². The van der Waals surface area contributed by atoms with Gasteiger partial charge in [0.25, 0.3) is 5.91 Å². The SMILES string of the molecule is CN(C)C(=O)c1ccc(NC(=S)NCCCN(C)c2ccccc2)cc1. The number of nitrogens with one attached hydrogen (secondary N) is 2. The largest absolute Gasteiger partial charge is 0.375 e. The Morgan fingerprint density at radius 3 is 2.27 bits per heavy atom. The summed E-state index contributed by atoms with van der Waals surface area (Å²) in [6, 6.07) is 17.6. The predicted molar refractivity (Wildman–Crippen MR) is 113 cm³/mol. The average Bonchev–Trinajstić information content (AvgIpc) is 2.65. The fraction of sp³-hybridized carbons (Fsp3) is 0.300. The van der Waals surface area contributed by atoms with Crippen LogP contribution in [-0.4, -0.2) is 50.2 Å². The van der Waals surface area contributed by atoms with Crippen LogP contribution in [-0.2, 0) is 0 Å². The molecule has 2 aromatic carbocycles. The number of nitrogens with zero attached hydrogens (tertiary/aromatic N) is 2. The Morgan fingerprint density at radius 2 is 1.65 bits per heavy atom. The van der Waals surface area contributed by atoms with E-state index < -0.39 is 0 Å². The Hall–Kier alpha value is -2.60. The van der Waals surface area contributed by atoms with Crippen LogP contribution in [0.15, 0.2) is 54.6 Å². The maximum atomic E-state index is 11.9. The lowest BCUT2D eigenvalue weighted by Gasteiger charge is -2.19. The molecule has 0 aliphatic carbocycles. The molecule has 0 saturated carbocycles. The molecule has 138 valence electrons. The number of benzene rings is 2. The molecule has 2 aromatic rings. The van der Waals surface area contributed by atoms with Crippen LogP contribution in [0.1, 0.15) is 16.8 Å². The van der Waals surface area contributed by atoms with E-state index in [2.05, 4.69) is 34.7 Å². The Balaban J connectivity index is 1.71. The molecule has 0 unspecified atom stereocenters. The van der Waals surface area contributed by atoms with E-state index in [-0.39, 0.29) is 5.91 Å². The van der Waals surface area contributed by atoms with Crippen LogP contribution in [0.3, 0.4) is 0 Å². The van der Waals surface area contributed by atoms with Crippen molar-refractivity contribution < 1.29 is 4.79 Å². The minimum atomic E-state index is -0.0141. The van der Waals surface area contributed by atoms with Crippen LogP contribution < -0.4 is 15.5 Å². The first kappa shape index (κ1) is 19.7. The highest BCUT2D eigenvalue weighted by Gasteiger charge is 2.07. The molecular formula is C20H26N4OS. The third-order valence-corrected chi connectivity index (χ3v) is 4.20. The monoisotopic (exact) mass is 370 g/mol. The van der Waals surface area contributed by atoms with Gasteiger partial charge in [-0.3, -0.25) is 4.79 Å². The Morgan fingerprint density at radius 1 is 1.00 bits per heavy atom. The second kappa shape index (κ2) is 9.77. The Bertz CT molecular complexity index is 716. The lowest BCUT2D eigenvalue weighted by molar-refractivity contribution is 0.0827. The molecule has 0 aliphatic heterocycles. The molecule has 0 atom stereocenters. The third kappa shape index (κ3) is 6.04. The maximum Gasteiger partial charge on any atom is 0.253 e. The molecule has 1 amide bonds. The molecule has 6 heteroatoms. The zero-order valence-electron chi connectivity index (χ0n) is 15.5. The van der Waals surface area contributed by atoms with Crippen LogP contribution in [0.2, 0.25) is 0 Å². The minimum absolute atomic E-state index is 0.0141. The first-order chi connectivity index (χ1) is 12.5. The van der Waals surface area contributed by atoms with Crippen molar-refractivity contribution in [2.45, 2.75) is 6.42 Å². The Labute approximate surface area is 161 Å². The van der Waals surface area contributed by atoms with Gasteiger partial charge in [-0.05, 0) is 55.0 Å². The molecular weight excluding hydrogens is 344 g/mol. The summed E-state index contributed by atoms with van der Waals surface area (Å²) < 4.78 is 0. The van der Waals surface area contributed by atoms with E-state index in [1.54, 1.807) is 31.1 Å². The number of thiocarbonyl (C=S) groups is 1. The van der Waals surface area contributed by atoms with E-state index in [1.165, 1.54) is 5.69 Å². The van der Waals surface area contributed by atoms with Gasteiger partial charge in [-0.2, -0.15) is 0 Å². The van der Waals surface area contributed by atoms with Crippen LogP contribution in [0.5, 0.6) is 0 Å². The first-order valence-electron chi connectivity index (χ1n) is 8.60. The van der Waals surface area contributed by atoms with Crippen molar-refractivity contribution in [2.75, 3.05) is 44.4 Å². The minimum Gasteiger partial charge on any atom is -0.375 e. The summed E-state index contributed by atoms with van der Waals surface area (Å²) in [5, 5.41) is 6.93. The lowest BCUT2D eigenvalue weighted by Crippen LogP contribution is -2.31. The van der Waals surface area contributed by atoms with Gasteiger partial charge in [-0.15, -0.1) is 0 Å². The highest BCUT2D eigenvalue weighted by atomic mass is 32.1. The molecule has 0 radical (unpaired) electrons. The molecule has 26 heavy (non-hydrogen) atoms. The summed E-state index contributed by atoms with van der Waals surface area (Å²) in [6.07, 6.45) is 0.976. The molecule has 0 heterocycles. The van der Waals surface area contributed by atoms with Gasteiger partial charge >= 0.3 is 0 Å². The first-order valence-corrected chi connectivity index (χ1v) is 9.01. The molecule has 0 aliphatic rings. The summed E-state index contributed by atoms with van der Waals surface area (Å²) in [4.78, 5) is 15.7. The molecule has 0 bridgehead atoms. The standard InChI is InChI=1S/C20H26N4OS/c1-23(2)19(25)16-10-12-17(13-11-16)22-20(26)21-14-7-15-24(3)18-8-5-4-6-9-18/h4-6,8-13H,7,14-15H2,1-3H3,(H2,21,22,26). The highest BCUT2D eigenvalue weighted by Crippen LogP contribution is 2.12. The molecule has 2 N–H and O–H groups in total. The molecule has 5 nitrogen and oxygen atoms in total. The molecule has 0 saturated heterocycles. The van der Waals surface area contributed by atoms with E-state index in [9.17, 15) is 4.79 Å². The van der Waals surface area contributed by atoms with E-state index in [4.69, 9.17) is 12.2 Å². The second-order valence-corrected chi connectivity index (χ2v) is 6.68. The van der Waals surface area contributed by atoms with Crippen LogP contribution >= 0.6 is 12.2 Å². The van der Waals surface area contributed by atoms with E-state index in [0.717, 1.165) is 25.2 Å². The zero-order chi connectivity index (χ0) is 18.9. The zero-order valence-corrected chi connectivity index (χ0v) is 16.3. The molecule has 0 aromatic heterocycles. The van der Waals surface area contributed by atoms with Gasteiger partial charge in [0.15, 0.2) is 5.11 Å². The van der Waals surface area contributed by atoms with Crippen molar-refractivity contribution in [3.63, 3.8) is 0 Å². The van der Waals surface area contributed by atoms with Crippen molar-refractivity contribution in [2.24, 2.45) is 0 Å². The van der Waals surface area contributed by atoms with Crippen molar-refractivity contribution in [1.82, 2.24) is 10.2 Å². The average molecular weight is 371 g/mol. The van der Waals surface area contributed by atoms with Crippen molar-refractivity contribution in [3.8, 4) is 0 Å². The third-order valence-electron chi connectivity index (χ3n) is 3.95. The normalized spacial score (nSPS) is 10.1. The lowest BCUT2D eigenvalue weighted by atomic mass is 10.2. The fourth-order valence-corrected chi connectivity index (χ4v) is 2.68.